The Labute approximate surface area is 131 Å². The van der Waals surface area contributed by atoms with Crippen molar-refractivity contribution in [3.05, 3.63) is 35.4 Å². The first-order valence-electron chi connectivity index (χ1n) is 9.06. The van der Waals surface area contributed by atoms with Crippen molar-refractivity contribution in [2.45, 2.75) is 65.2 Å². The van der Waals surface area contributed by atoms with Gasteiger partial charge in [-0.05, 0) is 50.3 Å². The summed E-state index contributed by atoms with van der Waals surface area (Å²) in [6.45, 7) is 6.80. The molecule has 0 aromatic heterocycles. The van der Waals surface area contributed by atoms with Gasteiger partial charge in [0.25, 0.3) is 0 Å². The van der Waals surface area contributed by atoms with Crippen LogP contribution in [0.1, 0.15) is 63.0 Å². The maximum atomic E-state index is 3.68. The molecule has 1 aromatic carbocycles. The molecule has 1 heteroatoms. The lowest BCUT2D eigenvalue weighted by atomic mass is 9.82. The summed E-state index contributed by atoms with van der Waals surface area (Å²) in [7, 11) is 0. The summed E-state index contributed by atoms with van der Waals surface area (Å²) in [6, 6.07) is 9.19. The smallest absolute Gasteiger partial charge is 0.00147 e. The van der Waals surface area contributed by atoms with Crippen LogP contribution in [0.4, 0.5) is 0 Å². The molecule has 1 unspecified atom stereocenters. The molecule has 1 aliphatic carbocycles. The van der Waals surface area contributed by atoms with Gasteiger partial charge in [-0.2, -0.15) is 0 Å². The number of hydrogen-bond donors (Lipinski definition) is 1. The molecule has 0 saturated heterocycles. The summed E-state index contributed by atoms with van der Waals surface area (Å²) in [5, 5.41) is 3.68. The normalized spacial score (nSPS) is 18.4. The van der Waals surface area contributed by atoms with Gasteiger partial charge in [0.05, 0.1) is 0 Å². The quantitative estimate of drug-likeness (QED) is 0.542. The van der Waals surface area contributed by atoms with Gasteiger partial charge in [0, 0.05) is 0 Å². The van der Waals surface area contributed by atoms with Crippen LogP contribution in [-0.4, -0.2) is 13.1 Å². The van der Waals surface area contributed by atoms with E-state index in [9.17, 15) is 0 Å². The van der Waals surface area contributed by atoms with Crippen LogP contribution in [0.25, 0.3) is 0 Å². The second-order valence-electron chi connectivity index (χ2n) is 6.91. The van der Waals surface area contributed by atoms with Gasteiger partial charge in [0.2, 0.25) is 0 Å². The highest BCUT2D eigenvalue weighted by molar-refractivity contribution is 5.21. The van der Waals surface area contributed by atoms with Crippen LogP contribution >= 0.6 is 0 Å². The number of nitrogens with one attached hydrogen (secondary N) is 1. The summed E-state index contributed by atoms with van der Waals surface area (Å²) >= 11 is 0. The molecule has 0 aliphatic heterocycles. The molecule has 21 heavy (non-hydrogen) atoms. The molecule has 2 rings (SSSR count). The van der Waals surface area contributed by atoms with Gasteiger partial charge in [-0.3, -0.25) is 0 Å². The third-order valence-electron chi connectivity index (χ3n) is 5.02. The molecule has 0 spiro atoms. The van der Waals surface area contributed by atoms with E-state index in [0.717, 1.165) is 18.4 Å². The average Bonchev–Trinajstić information content (AvgIpc) is 2.78. The Morgan fingerprint density at radius 3 is 2.33 bits per heavy atom. The number of hydrogen-bond acceptors (Lipinski definition) is 1. The van der Waals surface area contributed by atoms with Gasteiger partial charge in [-0.1, -0.05) is 75.3 Å². The Balaban J connectivity index is 1.97. The van der Waals surface area contributed by atoms with Crippen LogP contribution in [0.5, 0.6) is 0 Å². The van der Waals surface area contributed by atoms with E-state index in [2.05, 4.69) is 43.4 Å². The summed E-state index contributed by atoms with van der Waals surface area (Å²) in [5.74, 6) is 1.75. The van der Waals surface area contributed by atoms with Crippen molar-refractivity contribution in [3.8, 4) is 0 Å². The number of rotatable bonds is 7. The molecule has 0 bridgehead atoms. The number of aryl methyl sites for hydroxylation is 1. The molecular formula is C20H33N. The molecule has 0 heterocycles. The summed E-state index contributed by atoms with van der Waals surface area (Å²) in [4.78, 5) is 0. The van der Waals surface area contributed by atoms with Crippen molar-refractivity contribution in [2.24, 2.45) is 11.8 Å². The van der Waals surface area contributed by atoms with Crippen LogP contribution in [0, 0.1) is 18.8 Å². The standard InChI is InChI=1S/C20H33N/c1-3-14-21-16-20(19-8-6-4-5-7-9-19)15-18-12-10-17(2)11-13-18/h10-13,19-21H,3-9,14-16H2,1-2H3. The first-order valence-corrected chi connectivity index (χ1v) is 9.06. The minimum Gasteiger partial charge on any atom is -0.316 e. The summed E-state index contributed by atoms with van der Waals surface area (Å²) in [5.41, 5.74) is 2.89. The number of benzene rings is 1. The lowest BCUT2D eigenvalue weighted by molar-refractivity contribution is 0.285. The van der Waals surface area contributed by atoms with E-state index < -0.39 is 0 Å². The van der Waals surface area contributed by atoms with E-state index in [1.807, 2.05) is 0 Å². The van der Waals surface area contributed by atoms with Crippen LogP contribution in [-0.2, 0) is 6.42 Å². The second-order valence-corrected chi connectivity index (χ2v) is 6.91. The van der Waals surface area contributed by atoms with Crippen molar-refractivity contribution in [2.75, 3.05) is 13.1 Å². The van der Waals surface area contributed by atoms with Crippen molar-refractivity contribution < 1.29 is 0 Å². The zero-order chi connectivity index (χ0) is 14.9. The third-order valence-corrected chi connectivity index (χ3v) is 5.02. The van der Waals surface area contributed by atoms with E-state index in [1.165, 1.54) is 69.0 Å². The first kappa shape index (κ1) is 16.5. The molecule has 0 radical (unpaired) electrons. The van der Waals surface area contributed by atoms with Gasteiger partial charge < -0.3 is 5.32 Å². The fourth-order valence-corrected chi connectivity index (χ4v) is 3.68. The van der Waals surface area contributed by atoms with Gasteiger partial charge >= 0.3 is 0 Å². The molecule has 118 valence electrons. The maximum Gasteiger partial charge on any atom is -0.00147 e. The Bertz CT molecular complexity index is 373. The van der Waals surface area contributed by atoms with Crippen molar-refractivity contribution in [1.82, 2.24) is 5.32 Å². The van der Waals surface area contributed by atoms with Gasteiger partial charge in [-0.15, -0.1) is 0 Å². The fraction of sp³-hybridized carbons (Fsp3) is 0.700. The Hall–Kier alpha value is -0.820. The van der Waals surface area contributed by atoms with Crippen molar-refractivity contribution in [1.29, 1.82) is 0 Å². The molecular weight excluding hydrogens is 254 g/mol. The molecule has 0 amide bonds. The van der Waals surface area contributed by atoms with Crippen LogP contribution in [0.15, 0.2) is 24.3 Å². The average molecular weight is 287 g/mol. The van der Waals surface area contributed by atoms with Crippen LogP contribution in [0.2, 0.25) is 0 Å². The highest BCUT2D eigenvalue weighted by Crippen LogP contribution is 2.31. The highest BCUT2D eigenvalue weighted by atomic mass is 14.9. The molecule has 1 saturated carbocycles. The summed E-state index contributed by atoms with van der Waals surface area (Å²) < 4.78 is 0. The Morgan fingerprint density at radius 2 is 1.71 bits per heavy atom. The van der Waals surface area contributed by atoms with E-state index >= 15 is 0 Å². The SMILES string of the molecule is CCCNCC(Cc1ccc(C)cc1)C1CCCCCC1. The van der Waals surface area contributed by atoms with Gasteiger partial charge in [-0.25, -0.2) is 0 Å². The zero-order valence-electron chi connectivity index (χ0n) is 14.0. The molecule has 1 nitrogen and oxygen atoms in total. The van der Waals surface area contributed by atoms with Gasteiger partial charge in [0.15, 0.2) is 0 Å². The van der Waals surface area contributed by atoms with Crippen molar-refractivity contribution >= 4 is 0 Å². The highest BCUT2D eigenvalue weighted by Gasteiger charge is 2.22. The van der Waals surface area contributed by atoms with Crippen LogP contribution < -0.4 is 5.32 Å². The molecule has 1 fully saturated rings. The first-order chi connectivity index (χ1) is 10.3. The predicted octanol–water partition coefficient (Wildman–Crippen LogP) is 5.12. The molecule has 1 aliphatic rings. The zero-order valence-corrected chi connectivity index (χ0v) is 14.0. The monoisotopic (exact) mass is 287 g/mol. The minimum absolute atomic E-state index is 0.817. The largest absolute Gasteiger partial charge is 0.316 e. The minimum atomic E-state index is 0.817. The van der Waals surface area contributed by atoms with E-state index in [1.54, 1.807) is 0 Å². The third kappa shape index (κ3) is 5.82. The van der Waals surface area contributed by atoms with Crippen molar-refractivity contribution in [3.63, 3.8) is 0 Å². The van der Waals surface area contributed by atoms with Crippen LogP contribution in [0.3, 0.4) is 0 Å². The topological polar surface area (TPSA) is 12.0 Å². The summed E-state index contributed by atoms with van der Waals surface area (Å²) in [6.07, 6.45) is 11.2. The molecule has 1 N–H and O–H groups in total. The Kier molecular flexibility index (Phi) is 7.29. The fourth-order valence-electron chi connectivity index (χ4n) is 3.68. The lowest BCUT2D eigenvalue weighted by Gasteiger charge is -2.27. The second kappa shape index (κ2) is 9.25. The predicted molar refractivity (Wildman–Crippen MR) is 92.7 cm³/mol. The molecule has 1 aromatic rings. The van der Waals surface area contributed by atoms with E-state index in [4.69, 9.17) is 0 Å². The van der Waals surface area contributed by atoms with Gasteiger partial charge in [0.1, 0.15) is 0 Å². The lowest BCUT2D eigenvalue weighted by Crippen LogP contribution is -2.30. The van der Waals surface area contributed by atoms with E-state index in [-0.39, 0.29) is 0 Å². The van der Waals surface area contributed by atoms with E-state index in [0.29, 0.717) is 0 Å². The Morgan fingerprint density at radius 1 is 1.05 bits per heavy atom. The maximum absolute atomic E-state index is 3.68. The molecule has 1 atom stereocenters.